The average molecular weight is 424 g/mol. The molecule has 3 aliphatic rings. The van der Waals surface area contributed by atoms with Crippen molar-refractivity contribution in [1.82, 2.24) is 15.5 Å². The van der Waals surface area contributed by atoms with E-state index in [1.165, 1.54) is 16.7 Å². The molecule has 160 valence electrons. The van der Waals surface area contributed by atoms with Crippen LogP contribution in [0.15, 0.2) is 10.6 Å². The number of carbonyl (C=O) groups is 4. The maximum absolute atomic E-state index is 12.8. The van der Waals surface area contributed by atoms with E-state index < -0.39 is 5.97 Å². The molecule has 0 aliphatic carbocycles. The van der Waals surface area contributed by atoms with E-state index in [-0.39, 0.29) is 52.5 Å². The van der Waals surface area contributed by atoms with Crippen LogP contribution in [0.3, 0.4) is 0 Å². The van der Waals surface area contributed by atoms with Gasteiger partial charge in [-0.1, -0.05) is 20.8 Å². The van der Waals surface area contributed by atoms with E-state index in [0.29, 0.717) is 25.8 Å². The fourth-order valence-electron chi connectivity index (χ4n) is 4.79. The summed E-state index contributed by atoms with van der Waals surface area (Å²) in [4.78, 5) is 49.4. The number of thioether (sulfide) groups is 1. The van der Waals surface area contributed by atoms with Crippen LogP contribution in [0.4, 0.5) is 0 Å². The number of carboxylic acid groups (broad SMARTS) is 1. The summed E-state index contributed by atoms with van der Waals surface area (Å²) < 4.78 is 0. The summed E-state index contributed by atoms with van der Waals surface area (Å²) in [5, 5.41) is 16.0. The number of nitrogens with zero attached hydrogens (tertiary/aromatic N) is 1. The number of fused-ring (bicyclic) bond motifs is 1. The molecule has 0 aromatic heterocycles. The van der Waals surface area contributed by atoms with Crippen LogP contribution in [0.1, 0.15) is 40.0 Å². The molecule has 0 radical (unpaired) electrons. The highest BCUT2D eigenvalue weighted by atomic mass is 32.2. The number of aliphatic carboxylic acids is 1. The van der Waals surface area contributed by atoms with Gasteiger partial charge in [-0.2, -0.15) is 0 Å². The van der Waals surface area contributed by atoms with Crippen molar-refractivity contribution < 1.29 is 24.3 Å². The van der Waals surface area contributed by atoms with Gasteiger partial charge in [-0.15, -0.1) is 11.8 Å². The smallest absolute Gasteiger partial charge is 0.353 e. The molecule has 3 heterocycles. The summed E-state index contributed by atoms with van der Waals surface area (Å²) in [7, 11) is 0. The number of nitrogens with one attached hydrogen (secondary N) is 2. The molecule has 29 heavy (non-hydrogen) atoms. The molecule has 2 saturated heterocycles. The van der Waals surface area contributed by atoms with Gasteiger partial charge in [0.2, 0.25) is 12.3 Å². The van der Waals surface area contributed by atoms with Crippen LogP contribution < -0.4 is 10.6 Å². The third-order valence-electron chi connectivity index (χ3n) is 6.27. The Kier molecular flexibility index (Phi) is 6.68. The van der Waals surface area contributed by atoms with E-state index in [1.807, 2.05) is 20.8 Å². The molecule has 3 aliphatic heterocycles. The summed E-state index contributed by atoms with van der Waals surface area (Å²) in [6.45, 7) is 6.98. The first-order valence-corrected chi connectivity index (χ1v) is 11.1. The van der Waals surface area contributed by atoms with Crippen LogP contribution >= 0.6 is 11.8 Å². The molecule has 2 fully saturated rings. The van der Waals surface area contributed by atoms with Crippen LogP contribution in [-0.4, -0.2) is 64.5 Å². The minimum Gasteiger partial charge on any atom is -0.477 e. The van der Waals surface area contributed by atoms with Crippen molar-refractivity contribution in [2.24, 2.45) is 17.8 Å². The molecule has 6 atom stereocenters. The summed E-state index contributed by atoms with van der Waals surface area (Å²) in [5.74, 6) is -1.59. The monoisotopic (exact) mass is 423 g/mol. The molecule has 8 nitrogen and oxygen atoms in total. The number of hydrogen-bond acceptors (Lipinski definition) is 6. The topological polar surface area (TPSA) is 116 Å². The number of carbonyl (C=O) groups excluding carboxylic acids is 3. The Balaban J connectivity index is 1.73. The molecular formula is C20H29N3O5S. The highest BCUT2D eigenvalue weighted by Gasteiger charge is 2.60. The highest BCUT2D eigenvalue weighted by molar-refractivity contribution is 8.03. The molecule has 0 aromatic rings. The quantitative estimate of drug-likeness (QED) is 0.354. The van der Waals surface area contributed by atoms with Gasteiger partial charge in [0, 0.05) is 48.0 Å². The van der Waals surface area contributed by atoms with Crippen LogP contribution in [0.2, 0.25) is 0 Å². The van der Waals surface area contributed by atoms with Gasteiger partial charge < -0.3 is 20.6 Å². The molecule has 3 rings (SSSR count). The first-order valence-electron chi connectivity index (χ1n) is 10.2. The van der Waals surface area contributed by atoms with Crippen molar-refractivity contribution in [3.63, 3.8) is 0 Å². The van der Waals surface area contributed by atoms with E-state index in [0.717, 1.165) is 17.9 Å². The lowest BCUT2D eigenvalue weighted by Crippen LogP contribution is -2.62. The van der Waals surface area contributed by atoms with Crippen molar-refractivity contribution in [3.8, 4) is 0 Å². The number of β-lactam (4-membered cyclic amide) rings is 1. The molecule has 0 bridgehead atoms. The summed E-state index contributed by atoms with van der Waals surface area (Å²) in [5.41, 5.74) is 0.109. The standard InChI is InChI=1S/C20H29N3O5S/c1-4-13(25)5-10(2)15-16-11(3)18(17(20(27)28)23(16)19(15)26)29-14-6-12(22-8-14)7-21-9-24/h9-12,14-16,22H,4-8H2,1-3H3,(H,21,24)(H,27,28)/t10-,11+,12-,14-,15+,16-/m0/s1. The molecule has 2 amide bonds. The maximum Gasteiger partial charge on any atom is 0.353 e. The normalized spacial score (nSPS) is 32.0. The van der Waals surface area contributed by atoms with E-state index in [9.17, 15) is 24.3 Å². The van der Waals surface area contributed by atoms with E-state index in [1.54, 1.807) is 0 Å². The summed E-state index contributed by atoms with van der Waals surface area (Å²) in [6.07, 6.45) is 2.29. The molecular weight excluding hydrogens is 394 g/mol. The lowest BCUT2D eigenvalue weighted by molar-refractivity contribution is -0.160. The molecule has 0 saturated carbocycles. The Bertz CT molecular complexity index is 740. The number of carboxylic acids is 1. The zero-order chi connectivity index (χ0) is 21.3. The minimum atomic E-state index is -1.07. The van der Waals surface area contributed by atoms with Crippen LogP contribution in [0, 0.1) is 17.8 Å². The molecule has 0 spiro atoms. The van der Waals surface area contributed by atoms with Crippen LogP contribution in [0.5, 0.6) is 0 Å². The maximum atomic E-state index is 12.8. The van der Waals surface area contributed by atoms with Gasteiger partial charge in [0.25, 0.3) is 0 Å². The van der Waals surface area contributed by atoms with Crippen LogP contribution in [-0.2, 0) is 19.2 Å². The summed E-state index contributed by atoms with van der Waals surface area (Å²) in [6, 6.07) is -0.0209. The lowest BCUT2D eigenvalue weighted by Gasteiger charge is -2.47. The Morgan fingerprint density at radius 1 is 1.45 bits per heavy atom. The number of rotatable bonds is 10. The summed E-state index contributed by atoms with van der Waals surface area (Å²) >= 11 is 1.54. The van der Waals surface area contributed by atoms with E-state index in [4.69, 9.17) is 0 Å². The largest absolute Gasteiger partial charge is 0.477 e. The Morgan fingerprint density at radius 3 is 2.79 bits per heavy atom. The van der Waals surface area contributed by atoms with Crippen molar-refractivity contribution in [2.45, 2.75) is 57.4 Å². The predicted octanol–water partition coefficient (Wildman–Crippen LogP) is 0.974. The van der Waals surface area contributed by atoms with Gasteiger partial charge in [-0.05, 0) is 12.3 Å². The van der Waals surface area contributed by atoms with Gasteiger partial charge in [0.15, 0.2) is 0 Å². The van der Waals surface area contributed by atoms with E-state index in [2.05, 4.69) is 10.6 Å². The SMILES string of the molecule is CCC(=O)C[C@H](C)[C@H]1C(=O)N2C(C(=O)O)=C(S[C@@H]3CN[C@H](CNC=O)C3)[C@H](C)[C@@H]12. The zero-order valence-electron chi connectivity index (χ0n) is 17.0. The minimum absolute atomic E-state index is 0.0693. The first kappa shape index (κ1) is 21.8. The number of amides is 2. The first-order chi connectivity index (χ1) is 13.8. The number of ketones is 1. The van der Waals surface area contributed by atoms with Gasteiger partial charge in [0.05, 0.1) is 12.0 Å². The fraction of sp³-hybridized carbons (Fsp3) is 0.700. The lowest BCUT2D eigenvalue weighted by atomic mass is 9.73. The highest BCUT2D eigenvalue weighted by Crippen LogP contribution is 2.53. The predicted molar refractivity (Wildman–Crippen MR) is 109 cm³/mol. The number of hydrogen-bond donors (Lipinski definition) is 3. The third-order valence-corrected chi connectivity index (χ3v) is 7.78. The van der Waals surface area contributed by atoms with Crippen LogP contribution in [0.25, 0.3) is 0 Å². The molecule has 9 heteroatoms. The van der Waals surface area contributed by atoms with Gasteiger partial charge in [-0.3, -0.25) is 14.4 Å². The van der Waals surface area contributed by atoms with Crippen molar-refractivity contribution in [1.29, 1.82) is 0 Å². The second-order valence-electron chi connectivity index (χ2n) is 8.21. The van der Waals surface area contributed by atoms with Crippen molar-refractivity contribution in [3.05, 3.63) is 10.6 Å². The Hall–Kier alpha value is -1.87. The fourth-order valence-corrected chi connectivity index (χ4v) is 6.31. The van der Waals surface area contributed by atoms with Crippen molar-refractivity contribution >= 4 is 35.8 Å². The Labute approximate surface area is 174 Å². The second-order valence-corrected chi connectivity index (χ2v) is 9.55. The van der Waals surface area contributed by atoms with E-state index >= 15 is 0 Å². The van der Waals surface area contributed by atoms with Crippen molar-refractivity contribution in [2.75, 3.05) is 13.1 Å². The van der Waals surface area contributed by atoms with Gasteiger partial charge in [-0.25, -0.2) is 4.79 Å². The Morgan fingerprint density at radius 2 is 2.17 bits per heavy atom. The average Bonchev–Trinajstić information content (AvgIpc) is 3.21. The molecule has 0 unspecified atom stereocenters. The second kappa shape index (κ2) is 8.87. The third kappa shape index (κ3) is 4.07. The molecule has 3 N–H and O–H groups in total. The zero-order valence-corrected chi connectivity index (χ0v) is 17.8. The number of Topliss-reactive ketones (excluding diaryl/α,β-unsaturated/α-hetero) is 1. The van der Waals surface area contributed by atoms with Gasteiger partial charge >= 0.3 is 5.97 Å². The van der Waals surface area contributed by atoms with Gasteiger partial charge in [0.1, 0.15) is 11.5 Å². The molecule has 0 aromatic carbocycles.